The molecule has 23 heavy (non-hydrogen) atoms. The normalized spacial score (nSPS) is 16.6. The number of likely N-dealkylation sites (tertiary alicyclic amines) is 1. The Morgan fingerprint density at radius 1 is 1.13 bits per heavy atom. The van der Waals surface area contributed by atoms with E-state index in [4.69, 9.17) is 0 Å². The molecule has 0 aromatic heterocycles. The Morgan fingerprint density at radius 3 is 2.39 bits per heavy atom. The molecule has 0 aromatic carbocycles. The topological polar surface area (TPSA) is 68.8 Å². The molecule has 1 aliphatic rings. The smallest absolute Gasteiger partial charge is 0.241 e. The summed E-state index contributed by atoms with van der Waals surface area (Å²) >= 11 is 0. The van der Waals surface area contributed by atoms with Crippen LogP contribution in [0.1, 0.15) is 46.5 Å². The fraction of sp³-hybridized carbons (Fsp3) is 0.875. The van der Waals surface area contributed by atoms with Crippen LogP contribution in [0.3, 0.4) is 0 Å². The first-order chi connectivity index (χ1) is 10.7. The van der Waals surface area contributed by atoms with E-state index in [1.54, 1.807) is 0 Å². The number of guanidine groups is 1. The summed E-state index contributed by atoms with van der Waals surface area (Å²) in [5.74, 6) is 0.736. The maximum absolute atomic E-state index is 11.6. The van der Waals surface area contributed by atoms with E-state index in [0.717, 1.165) is 44.9 Å². The lowest BCUT2D eigenvalue weighted by Gasteiger charge is -2.32. The Labute approximate surface area is 158 Å². The minimum absolute atomic E-state index is 0. The van der Waals surface area contributed by atoms with Crippen molar-refractivity contribution in [2.45, 2.75) is 52.5 Å². The zero-order valence-electron chi connectivity index (χ0n) is 14.9. The van der Waals surface area contributed by atoms with Crippen LogP contribution in [-0.2, 0) is 4.79 Å². The molecule has 6 nitrogen and oxygen atoms in total. The molecule has 1 aliphatic heterocycles. The highest BCUT2D eigenvalue weighted by molar-refractivity contribution is 14.0. The molecule has 0 atom stereocenters. The number of aliphatic imine (C=N–C) groups is 1. The number of amides is 1. The molecule has 1 fully saturated rings. The van der Waals surface area contributed by atoms with Crippen LogP contribution in [-0.4, -0.2) is 62.1 Å². The van der Waals surface area contributed by atoms with Crippen molar-refractivity contribution in [2.24, 2.45) is 4.99 Å². The predicted octanol–water partition coefficient (Wildman–Crippen LogP) is 1.56. The second-order valence-corrected chi connectivity index (χ2v) is 5.81. The van der Waals surface area contributed by atoms with E-state index < -0.39 is 0 Å². The van der Waals surface area contributed by atoms with E-state index in [1.807, 2.05) is 13.8 Å². The van der Waals surface area contributed by atoms with Gasteiger partial charge >= 0.3 is 0 Å². The number of carbonyl (C=O) groups excluding carboxylic acids is 1. The van der Waals surface area contributed by atoms with Crippen LogP contribution in [0.4, 0.5) is 0 Å². The predicted molar refractivity (Wildman–Crippen MR) is 108 cm³/mol. The Kier molecular flexibility index (Phi) is 13.5. The van der Waals surface area contributed by atoms with Gasteiger partial charge in [0.15, 0.2) is 5.96 Å². The molecule has 1 amide bonds. The summed E-state index contributed by atoms with van der Waals surface area (Å²) in [6.07, 6.45) is 4.43. The van der Waals surface area contributed by atoms with Crippen molar-refractivity contribution in [1.82, 2.24) is 20.9 Å². The maximum atomic E-state index is 11.6. The van der Waals surface area contributed by atoms with Gasteiger partial charge in [0, 0.05) is 32.2 Å². The molecule has 3 N–H and O–H groups in total. The number of nitrogens with zero attached hydrogens (tertiary/aromatic N) is 2. The van der Waals surface area contributed by atoms with E-state index in [-0.39, 0.29) is 36.4 Å². The third-order valence-electron chi connectivity index (χ3n) is 3.77. The molecule has 1 heterocycles. The van der Waals surface area contributed by atoms with E-state index in [2.05, 4.69) is 32.8 Å². The fourth-order valence-electron chi connectivity index (χ4n) is 2.60. The first kappa shape index (κ1) is 22.4. The first-order valence-corrected chi connectivity index (χ1v) is 8.73. The maximum Gasteiger partial charge on any atom is 0.241 e. The average Bonchev–Trinajstić information content (AvgIpc) is 2.53. The first-order valence-electron chi connectivity index (χ1n) is 8.73. The molecular formula is C16H34IN5O. The second kappa shape index (κ2) is 13.8. The summed E-state index contributed by atoms with van der Waals surface area (Å²) < 4.78 is 0. The molecular weight excluding hydrogens is 405 g/mol. The molecule has 136 valence electrons. The van der Waals surface area contributed by atoms with Crippen LogP contribution in [0.15, 0.2) is 4.99 Å². The van der Waals surface area contributed by atoms with E-state index in [1.165, 1.54) is 13.0 Å². The summed E-state index contributed by atoms with van der Waals surface area (Å²) in [5, 5.41) is 9.53. The van der Waals surface area contributed by atoms with Crippen molar-refractivity contribution in [3.8, 4) is 0 Å². The Balaban J connectivity index is 0.00000484. The summed E-state index contributed by atoms with van der Waals surface area (Å²) in [6.45, 7) is 11.5. The minimum atomic E-state index is -0.0168. The van der Waals surface area contributed by atoms with E-state index >= 15 is 0 Å². The van der Waals surface area contributed by atoms with Crippen molar-refractivity contribution in [1.29, 1.82) is 0 Å². The van der Waals surface area contributed by atoms with Gasteiger partial charge in [-0.1, -0.05) is 13.8 Å². The highest BCUT2D eigenvalue weighted by atomic mass is 127. The molecule has 0 saturated carbocycles. The molecule has 0 spiro atoms. The van der Waals surface area contributed by atoms with E-state index in [0.29, 0.717) is 12.6 Å². The number of rotatable bonds is 8. The third kappa shape index (κ3) is 10.0. The van der Waals surface area contributed by atoms with Gasteiger partial charge in [-0.2, -0.15) is 0 Å². The molecule has 0 aliphatic carbocycles. The summed E-state index contributed by atoms with van der Waals surface area (Å²) in [5.41, 5.74) is 0. The Bertz CT molecular complexity index is 343. The molecule has 0 bridgehead atoms. The molecule has 0 radical (unpaired) electrons. The summed E-state index contributed by atoms with van der Waals surface area (Å²) in [6, 6.07) is 0.449. The largest absolute Gasteiger partial charge is 0.357 e. The molecule has 1 rings (SSSR count). The number of carbonyl (C=O) groups is 1. The van der Waals surface area contributed by atoms with Crippen LogP contribution in [0.25, 0.3) is 0 Å². The van der Waals surface area contributed by atoms with Crippen LogP contribution in [0.2, 0.25) is 0 Å². The average molecular weight is 439 g/mol. The number of nitrogens with one attached hydrogen (secondary N) is 3. The van der Waals surface area contributed by atoms with Crippen LogP contribution < -0.4 is 16.0 Å². The van der Waals surface area contributed by atoms with Crippen LogP contribution in [0, 0.1) is 0 Å². The monoisotopic (exact) mass is 439 g/mol. The lowest BCUT2D eigenvalue weighted by Crippen LogP contribution is -2.49. The molecule has 0 unspecified atom stereocenters. The lowest BCUT2D eigenvalue weighted by molar-refractivity contribution is -0.119. The Morgan fingerprint density at radius 2 is 1.83 bits per heavy atom. The highest BCUT2D eigenvalue weighted by Crippen LogP contribution is 2.10. The summed E-state index contributed by atoms with van der Waals surface area (Å²) in [7, 11) is 0. The van der Waals surface area contributed by atoms with Gasteiger partial charge in [0.25, 0.3) is 0 Å². The van der Waals surface area contributed by atoms with Crippen LogP contribution >= 0.6 is 24.0 Å². The number of piperidine rings is 1. The number of hydrogen-bond acceptors (Lipinski definition) is 3. The standard InChI is InChI=1S/C16H33N5O.HI/c1-4-9-18-15(22)13-19-16(17-6-3)20-14-7-11-21(10-5-2)12-8-14;/h14H,4-13H2,1-3H3,(H,18,22)(H2,17,19,20);1H. The van der Waals surface area contributed by atoms with Gasteiger partial charge in [-0.15, -0.1) is 24.0 Å². The van der Waals surface area contributed by atoms with Crippen LogP contribution in [0.5, 0.6) is 0 Å². The number of hydrogen-bond donors (Lipinski definition) is 3. The van der Waals surface area contributed by atoms with Gasteiger partial charge in [-0.25, -0.2) is 4.99 Å². The van der Waals surface area contributed by atoms with Gasteiger partial charge in [0.2, 0.25) is 5.91 Å². The van der Waals surface area contributed by atoms with Crippen molar-refractivity contribution >= 4 is 35.8 Å². The van der Waals surface area contributed by atoms with E-state index in [9.17, 15) is 4.79 Å². The molecule has 1 saturated heterocycles. The quantitative estimate of drug-likeness (QED) is 0.305. The van der Waals surface area contributed by atoms with Gasteiger partial charge in [-0.05, 0) is 39.2 Å². The van der Waals surface area contributed by atoms with Gasteiger partial charge in [0.05, 0.1) is 0 Å². The van der Waals surface area contributed by atoms with Gasteiger partial charge in [0.1, 0.15) is 6.54 Å². The SMILES string of the molecule is CCCNC(=O)CN=C(NCC)NC1CCN(CCC)CC1.I. The number of halogens is 1. The van der Waals surface area contributed by atoms with Crippen molar-refractivity contribution in [2.75, 3.05) is 39.3 Å². The summed E-state index contributed by atoms with van der Waals surface area (Å²) in [4.78, 5) is 18.5. The van der Waals surface area contributed by atoms with Crippen molar-refractivity contribution < 1.29 is 4.79 Å². The highest BCUT2D eigenvalue weighted by Gasteiger charge is 2.19. The fourth-order valence-corrected chi connectivity index (χ4v) is 2.60. The van der Waals surface area contributed by atoms with Crippen molar-refractivity contribution in [3.63, 3.8) is 0 Å². The van der Waals surface area contributed by atoms with Gasteiger partial charge in [-0.3, -0.25) is 4.79 Å². The second-order valence-electron chi connectivity index (χ2n) is 5.81. The minimum Gasteiger partial charge on any atom is -0.357 e. The molecule has 7 heteroatoms. The van der Waals surface area contributed by atoms with Gasteiger partial charge < -0.3 is 20.9 Å². The Hall–Kier alpha value is -0.570. The zero-order chi connectivity index (χ0) is 16.2. The molecule has 0 aromatic rings. The zero-order valence-corrected chi connectivity index (χ0v) is 17.2. The lowest BCUT2D eigenvalue weighted by atomic mass is 10.1. The third-order valence-corrected chi connectivity index (χ3v) is 3.77. The van der Waals surface area contributed by atoms with Crippen molar-refractivity contribution in [3.05, 3.63) is 0 Å².